The van der Waals surface area contributed by atoms with Crippen LogP contribution in [0.15, 0.2) is 0 Å². The molecule has 0 heterocycles. The van der Waals surface area contributed by atoms with Gasteiger partial charge in [-0.1, -0.05) is 217 Å². The monoisotopic (exact) mass is 747 g/mol. The van der Waals surface area contributed by atoms with Crippen molar-refractivity contribution in [3.8, 4) is 0 Å². The van der Waals surface area contributed by atoms with E-state index in [9.17, 15) is 0 Å². The van der Waals surface area contributed by atoms with Gasteiger partial charge in [0.2, 0.25) is 0 Å². The third-order valence-electron chi connectivity index (χ3n) is 20.1. The Balaban J connectivity index is 1.31. The molecule has 0 aromatic carbocycles. The molecule has 6 aliphatic carbocycles. The second-order valence-corrected chi connectivity index (χ2v) is 25.0. The van der Waals surface area contributed by atoms with Crippen molar-refractivity contribution >= 4 is 0 Å². The van der Waals surface area contributed by atoms with Gasteiger partial charge in [0, 0.05) is 0 Å². The highest BCUT2D eigenvalue weighted by atomic mass is 14.6. The summed E-state index contributed by atoms with van der Waals surface area (Å²) in [6.07, 6.45) is 42.1. The van der Waals surface area contributed by atoms with E-state index in [2.05, 4.69) is 69.2 Å². The fourth-order valence-electron chi connectivity index (χ4n) is 16.7. The number of fused-ring (bicyclic) bond motifs is 1. The van der Waals surface area contributed by atoms with Crippen LogP contribution in [0.1, 0.15) is 249 Å². The molecule has 0 aliphatic heterocycles. The van der Waals surface area contributed by atoms with Gasteiger partial charge < -0.3 is 0 Å². The van der Waals surface area contributed by atoms with Crippen molar-refractivity contribution in [1.82, 2.24) is 0 Å². The first-order valence-electron chi connectivity index (χ1n) is 25.6. The van der Waals surface area contributed by atoms with E-state index in [0.717, 1.165) is 71.0 Å². The maximum Gasteiger partial charge on any atom is -0.0292 e. The Morgan fingerprint density at radius 3 is 1.41 bits per heavy atom. The lowest BCUT2D eigenvalue weighted by molar-refractivity contribution is -0.0589. The Kier molecular flexibility index (Phi) is 14.9. The van der Waals surface area contributed by atoms with Crippen molar-refractivity contribution in [3.63, 3.8) is 0 Å². The summed E-state index contributed by atoms with van der Waals surface area (Å²) in [4.78, 5) is 0. The molecule has 0 aromatic rings. The summed E-state index contributed by atoms with van der Waals surface area (Å²) in [6, 6.07) is 0. The Hall–Kier alpha value is 0. The van der Waals surface area contributed by atoms with Crippen LogP contribution in [0.3, 0.4) is 0 Å². The van der Waals surface area contributed by atoms with Crippen LogP contribution >= 0.6 is 0 Å². The minimum atomic E-state index is 0.411. The average Bonchev–Trinajstić information content (AvgIpc) is 3.59. The van der Waals surface area contributed by atoms with E-state index < -0.39 is 0 Å². The van der Waals surface area contributed by atoms with Crippen LogP contribution in [0.5, 0.6) is 0 Å². The van der Waals surface area contributed by atoms with Gasteiger partial charge in [0.05, 0.1) is 0 Å². The maximum absolute atomic E-state index is 2.90. The lowest BCUT2D eigenvalue weighted by atomic mass is 9.50. The normalized spacial score (nSPS) is 31.9. The summed E-state index contributed by atoms with van der Waals surface area (Å²) >= 11 is 0. The maximum atomic E-state index is 2.90. The number of hydrogen-bond donors (Lipinski definition) is 0. The molecule has 6 fully saturated rings. The van der Waals surface area contributed by atoms with Gasteiger partial charge in [-0.2, -0.15) is 0 Å². The van der Waals surface area contributed by atoms with Gasteiger partial charge in [0.25, 0.3) is 0 Å². The van der Waals surface area contributed by atoms with Gasteiger partial charge >= 0.3 is 0 Å². The summed E-state index contributed by atoms with van der Waals surface area (Å²) in [6.45, 7) is 28.0. The molecule has 0 nitrogen and oxygen atoms in total. The van der Waals surface area contributed by atoms with E-state index in [1.54, 1.807) is 19.3 Å². The van der Waals surface area contributed by atoms with Crippen LogP contribution in [0.25, 0.3) is 0 Å². The summed E-state index contributed by atoms with van der Waals surface area (Å²) in [5.74, 6) is 11.2. The summed E-state index contributed by atoms with van der Waals surface area (Å²) in [7, 11) is 0. The second-order valence-electron chi connectivity index (χ2n) is 25.0. The zero-order chi connectivity index (χ0) is 38.7. The first-order chi connectivity index (χ1) is 25.6. The van der Waals surface area contributed by atoms with Gasteiger partial charge in [0.15, 0.2) is 0 Å². The SMILES string of the molecule is CC(CC(C)(C)C(CC(C)(C)C1C2CCCCC2CC1C(C)(C)C(CC(C)(C)C(C)C1CCCCC1)C1CCCCC1)C1CCCCC1)C1CCCCC1. The predicted octanol–water partition coefficient (Wildman–Crippen LogP) is 17.5. The first kappa shape index (κ1) is 43.6. The highest BCUT2D eigenvalue weighted by molar-refractivity contribution is 5.07. The minimum absolute atomic E-state index is 0.411. The summed E-state index contributed by atoms with van der Waals surface area (Å²) < 4.78 is 0. The molecule has 8 unspecified atom stereocenters. The molecule has 0 N–H and O–H groups in total. The number of hydrogen-bond acceptors (Lipinski definition) is 0. The number of rotatable bonds is 15. The molecule has 54 heavy (non-hydrogen) atoms. The molecule has 0 aromatic heterocycles. The molecule has 0 radical (unpaired) electrons. The lowest BCUT2D eigenvalue weighted by Crippen LogP contribution is -2.47. The fourth-order valence-corrected chi connectivity index (χ4v) is 16.7. The molecule has 6 rings (SSSR count). The van der Waals surface area contributed by atoms with Crippen LogP contribution in [0.4, 0.5) is 0 Å². The van der Waals surface area contributed by atoms with Crippen molar-refractivity contribution in [1.29, 1.82) is 0 Å². The van der Waals surface area contributed by atoms with E-state index in [0.29, 0.717) is 21.7 Å². The molecule has 0 spiro atoms. The van der Waals surface area contributed by atoms with Crippen molar-refractivity contribution in [2.24, 2.45) is 92.7 Å². The van der Waals surface area contributed by atoms with Crippen molar-refractivity contribution in [2.75, 3.05) is 0 Å². The molecule has 0 heteroatoms. The van der Waals surface area contributed by atoms with Crippen LogP contribution in [-0.2, 0) is 0 Å². The largest absolute Gasteiger partial charge is 0.0622 e. The van der Waals surface area contributed by atoms with Gasteiger partial charge in [-0.25, -0.2) is 0 Å². The van der Waals surface area contributed by atoms with Crippen LogP contribution in [0.2, 0.25) is 0 Å². The molecule has 6 aliphatic rings. The molecular formula is C54H98. The topological polar surface area (TPSA) is 0 Å². The Bertz CT molecular complexity index is 1100. The van der Waals surface area contributed by atoms with Gasteiger partial charge in [-0.05, 0) is 125 Å². The standard InChI is InChI=1S/C54H98/c1-39(41-25-15-11-16-26-41)36-52(5,6)48(43-29-19-13-20-30-43)37-53(7,8)50-46-34-24-23-33-45(46)35-47(50)54(9,10)49(44-31-21-14-22-32-44)38-51(3,4)40(2)42-27-17-12-18-28-42/h39-50H,11-38H2,1-10H3. The Labute approximate surface area is 340 Å². The smallest absolute Gasteiger partial charge is 0.0292 e. The van der Waals surface area contributed by atoms with E-state index in [4.69, 9.17) is 0 Å². The zero-order valence-electron chi connectivity index (χ0n) is 38.7. The average molecular weight is 747 g/mol. The third kappa shape index (κ3) is 10.1. The highest BCUT2D eigenvalue weighted by Crippen LogP contribution is 2.66. The zero-order valence-corrected chi connectivity index (χ0v) is 38.7. The Morgan fingerprint density at radius 1 is 0.426 bits per heavy atom. The molecule has 0 amide bonds. The van der Waals surface area contributed by atoms with Crippen molar-refractivity contribution < 1.29 is 0 Å². The molecule has 314 valence electrons. The molecule has 0 bridgehead atoms. The Morgan fingerprint density at radius 2 is 0.870 bits per heavy atom. The predicted molar refractivity (Wildman–Crippen MR) is 238 cm³/mol. The highest BCUT2D eigenvalue weighted by Gasteiger charge is 2.58. The van der Waals surface area contributed by atoms with Gasteiger partial charge in [-0.3, -0.25) is 0 Å². The molecule has 6 saturated carbocycles. The lowest BCUT2D eigenvalue weighted by Gasteiger charge is -2.55. The van der Waals surface area contributed by atoms with Crippen LogP contribution in [0, 0.1) is 92.7 Å². The van der Waals surface area contributed by atoms with Crippen LogP contribution in [-0.4, -0.2) is 0 Å². The van der Waals surface area contributed by atoms with E-state index in [-0.39, 0.29) is 0 Å². The third-order valence-corrected chi connectivity index (χ3v) is 20.1. The molecule has 8 atom stereocenters. The van der Waals surface area contributed by atoms with E-state index >= 15 is 0 Å². The van der Waals surface area contributed by atoms with Crippen molar-refractivity contribution in [3.05, 3.63) is 0 Å². The molecular weight excluding hydrogens is 649 g/mol. The fraction of sp³-hybridized carbons (Fsp3) is 1.00. The van der Waals surface area contributed by atoms with Crippen LogP contribution < -0.4 is 0 Å². The van der Waals surface area contributed by atoms with Crippen molar-refractivity contribution in [2.45, 2.75) is 249 Å². The quantitative estimate of drug-likeness (QED) is 0.157. The second kappa shape index (κ2) is 18.5. The summed E-state index contributed by atoms with van der Waals surface area (Å²) in [5.41, 5.74) is 1.70. The van der Waals surface area contributed by atoms with E-state index in [1.165, 1.54) is 161 Å². The summed E-state index contributed by atoms with van der Waals surface area (Å²) in [5, 5.41) is 0. The minimum Gasteiger partial charge on any atom is -0.0622 e. The van der Waals surface area contributed by atoms with Gasteiger partial charge in [-0.15, -0.1) is 0 Å². The first-order valence-corrected chi connectivity index (χ1v) is 25.6. The molecule has 0 saturated heterocycles. The van der Waals surface area contributed by atoms with E-state index in [1.807, 2.05) is 0 Å². The van der Waals surface area contributed by atoms with Gasteiger partial charge in [0.1, 0.15) is 0 Å².